The minimum Gasteiger partial charge on any atom is -0.493 e. The molecule has 0 radical (unpaired) electrons. The summed E-state index contributed by atoms with van der Waals surface area (Å²) >= 11 is 3.03. The maximum absolute atomic E-state index is 6.16. The van der Waals surface area contributed by atoms with Gasteiger partial charge in [-0.25, -0.2) is 0 Å². The molecule has 0 aliphatic heterocycles. The van der Waals surface area contributed by atoms with E-state index in [1.54, 1.807) is 33.1 Å². The third-order valence-electron chi connectivity index (χ3n) is 4.05. The van der Waals surface area contributed by atoms with Gasteiger partial charge >= 0.3 is 0 Å². The van der Waals surface area contributed by atoms with Gasteiger partial charge in [-0.2, -0.15) is 4.37 Å². The number of hydrogen-bond acceptors (Lipinski definition) is 7. The van der Waals surface area contributed by atoms with Crippen LogP contribution in [-0.2, 0) is 0 Å². The van der Waals surface area contributed by atoms with E-state index in [0.717, 1.165) is 33.0 Å². The van der Waals surface area contributed by atoms with Gasteiger partial charge < -0.3 is 19.9 Å². The molecule has 0 saturated carbocycles. The van der Waals surface area contributed by atoms with Crippen LogP contribution in [0.15, 0.2) is 40.6 Å². The molecule has 0 unspecified atom stereocenters. The fraction of sp³-hybridized carbons (Fsp3) is 0.211. The van der Waals surface area contributed by atoms with Gasteiger partial charge in [0.05, 0.1) is 27.0 Å². The number of ether oxygens (including phenoxy) is 3. The average Bonchev–Trinajstić information content (AvgIpc) is 3.16. The zero-order valence-corrected chi connectivity index (χ0v) is 16.7. The first-order valence-corrected chi connectivity index (χ1v) is 9.87. The molecule has 0 saturated heterocycles. The molecule has 5 nitrogen and oxygen atoms in total. The number of nitrogens with zero attached hydrogens (tertiary/aromatic N) is 1. The average molecular weight is 389 g/mol. The summed E-state index contributed by atoms with van der Waals surface area (Å²) in [4.78, 5) is 1.06. The van der Waals surface area contributed by atoms with E-state index in [1.807, 2.05) is 35.9 Å². The van der Waals surface area contributed by atoms with E-state index in [9.17, 15) is 0 Å². The first kappa shape index (κ1) is 18.4. The lowest BCUT2D eigenvalue weighted by molar-refractivity contribution is 0.324. The molecule has 1 aromatic heterocycles. The van der Waals surface area contributed by atoms with Crippen molar-refractivity contribution in [3.05, 3.63) is 35.7 Å². The van der Waals surface area contributed by atoms with Gasteiger partial charge in [-0.3, -0.25) is 0 Å². The van der Waals surface area contributed by atoms with Crippen LogP contribution in [0.1, 0.15) is 0 Å². The van der Waals surface area contributed by atoms with Crippen LogP contribution >= 0.6 is 23.3 Å². The Labute approximate surface area is 161 Å². The van der Waals surface area contributed by atoms with Gasteiger partial charge in [0.2, 0.25) is 5.75 Å². The minimum atomic E-state index is 0.559. The Bertz CT molecular complexity index is 900. The fourth-order valence-electron chi connectivity index (χ4n) is 2.77. The van der Waals surface area contributed by atoms with Gasteiger partial charge in [0, 0.05) is 27.1 Å². The summed E-state index contributed by atoms with van der Waals surface area (Å²) in [6, 6.07) is 9.88. The quantitative estimate of drug-likeness (QED) is 0.483. The molecule has 0 fully saturated rings. The van der Waals surface area contributed by atoms with Crippen molar-refractivity contribution in [2.45, 2.75) is 4.90 Å². The Morgan fingerprint density at radius 3 is 2.19 bits per heavy atom. The summed E-state index contributed by atoms with van der Waals surface area (Å²) in [5.74, 6) is 1.75. The number of hydrogen-bond donors (Lipinski definition) is 1. The van der Waals surface area contributed by atoms with Crippen LogP contribution in [0.4, 0.5) is 5.69 Å². The molecule has 2 aromatic carbocycles. The Hall–Kier alpha value is -2.38. The molecule has 0 bridgehead atoms. The highest BCUT2D eigenvalue weighted by molar-refractivity contribution is 7.98. The van der Waals surface area contributed by atoms with Crippen LogP contribution in [0.3, 0.4) is 0 Å². The van der Waals surface area contributed by atoms with E-state index < -0.39 is 0 Å². The number of nitrogen functional groups attached to an aromatic ring is 1. The van der Waals surface area contributed by atoms with Crippen molar-refractivity contribution in [2.24, 2.45) is 0 Å². The summed E-state index contributed by atoms with van der Waals surface area (Å²) in [5.41, 5.74) is 10.7. The molecule has 0 aliphatic rings. The SMILES string of the molecule is COc1cc(-c2nscc2-c2ccc(SC)c(N)c2)cc(OC)c1OC. The van der Waals surface area contributed by atoms with Crippen molar-refractivity contribution in [1.82, 2.24) is 4.37 Å². The number of anilines is 1. The van der Waals surface area contributed by atoms with Gasteiger partial charge in [0.25, 0.3) is 0 Å². The maximum Gasteiger partial charge on any atom is 0.203 e. The van der Waals surface area contributed by atoms with Crippen molar-refractivity contribution < 1.29 is 14.2 Å². The number of aromatic nitrogens is 1. The van der Waals surface area contributed by atoms with Crippen molar-refractivity contribution in [2.75, 3.05) is 33.3 Å². The Morgan fingerprint density at radius 2 is 1.65 bits per heavy atom. The van der Waals surface area contributed by atoms with Gasteiger partial charge in [-0.15, -0.1) is 11.8 Å². The van der Waals surface area contributed by atoms with Crippen molar-refractivity contribution in [1.29, 1.82) is 0 Å². The van der Waals surface area contributed by atoms with Crippen LogP contribution in [0.5, 0.6) is 17.2 Å². The van der Waals surface area contributed by atoms with Crippen LogP contribution in [0.2, 0.25) is 0 Å². The van der Waals surface area contributed by atoms with Crippen LogP contribution in [0.25, 0.3) is 22.4 Å². The Balaban J connectivity index is 2.13. The zero-order chi connectivity index (χ0) is 18.7. The first-order valence-electron chi connectivity index (χ1n) is 7.81. The monoisotopic (exact) mass is 388 g/mol. The molecule has 3 rings (SSSR count). The molecule has 0 aliphatic carbocycles. The topological polar surface area (TPSA) is 66.6 Å². The second kappa shape index (κ2) is 7.88. The molecule has 3 aromatic rings. The van der Waals surface area contributed by atoms with E-state index in [1.165, 1.54) is 11.5 Å². The largest absolute Gasteiger partial charge is 0.493 e. The van der Waals surface area contributed by atoms with Gasteiger partial charge in [0.1, 0.15) is 0 Å². The third kappa shape index (κ3) is 3.32. The smallest absolute Gasteiger partial charge is 0.203 e. The lowest BCUT2D eigenvalue weighted by Gasteiger charge is -2.14. The predicted octanol–water partition coefficient (Wildman–Crippen LogP) is 4.81. The summed E-state index contributed by atoms with van der Waals surface area (Å²) in [5, 5.41) is 2.02. The van der Waals surface area contributed by atoms with Crippen LogP contribution < -0.4 is 19.9 Å². The second-order valence-electron chi connectivity index (χ2n) is 5.45. The van der Waals surface area contributed by atoms with Crippen molar-refractivity contribution in [3.8, 4) is 39.6 Å². The van der Waals surface area contributed by atoms with Crippen molar-refractivity contribution in [3.63, 3.8) is 0 Å². The fourth-order valence-corrected chi connectivity index (χ4v) is 3.98. The van der Waals surface area contributed by atoms with E-state index in [4.69, 9.17) is 19.9 Å². The van der Waals surface area contributed by atoms with Gasteiger partial charge in [-0.05, 0) is 47.6 Å². The molecule has 136 valence electrons. The van der Waals surface area contributed by atoms with E-state index in [0.29, 0.717) is 17.2 Å². The molecule has 0 atom stereocenters. The van der Waals surface area contributed by atoms with Gasteiger partial charge in [0.15, 0.2) is 11.5 Å². The normalized spacial score (nSPS) is 10.6. The lowest BCUT2D eigenvalue weighted by Crippen LogP contribution is -1.96. The molecule has 1 heterocycles. The summed E-state index contributed by atoms with van der Waals surface area (Å²) < 4.78 is 20.9. The summed E-state index contributed by atoms with van der Waals surface area (Å²) in [7, 11) is 4.79. The first-order chi connectivity index (χ1) is 12.6. The number of rotatable bonds is 6. The summed E-state index contributed by atoms with van der Waals surface area (Å²) in [6.07, 6.45) is 2.01. The van der Waals surface area contributed by atoms with Crippen molar-refractivity contribution >= 4 is 29.0 Å². The van der Waals surface area contributed by atoms with E-state index >= 15 is 0 Å². The molecular formula is C19H20N2O3S2. The van der Waals surface area contributed by atoms with Crippen LogP contribution in [-0.4, -0.2) is 32.0 Å². The highest BCUT2D eigenvalue weighted by Crippen LogP contribution is 2.43. The van der Waals surface area contributed by atoms with E-state index in [-0.39, 0.29) is 0 Å². The standard InChI is InChI=1S/C19H20N2O3S2/c1-22-15-8-12(9-16(23-2)19(15)24-3)18-13(10-26-21-18)11-5-6-17(25-4)14(20)7-11/h5-10H,20H2,1-4H3. The number of thioether (sulfide) groups is 1. The van der Waals surface area contributed by atoms with Crippen LogP contribution in [0, 0.1) is 0 Å². The predicted molar refractivity (Wildman–Crippen MR) is 109 cm³/mol. The highest BCUT2D eigenvalue weighted by Gasteiger charge is 2.18. The van der Waals surface area contributed by atoms with E-state index in [2.05, 4.69) is 10.4 Å². The number of benzene rings is 2. The Morgan fingerprint density at radius 1 is 0.962 bits per heavy atom. The molecular weight excluding hydrogens is 368 g/mol. The Kier molecular flexibility index (Phi) is 5.58. The maximum atomic E-state index is 6.16. The third-order valence-corrected chi connectivity index (χ3v) is 5.49. The molecule has 0 amide bonds. The zero-order valence-electron chi connectivity index (χ0n) is 15.0. The summed E-state index contributed by atoms with van der Waals surface area (Å²) in [6.45, 7) is 0. The lowest BCUT2D eigenvalue weighted by atomic mass is 10.0. The van der Waals surface area contributed by atoms with Gasteiger partial charge in [-0.1, -0.05) is 6.07 Å². The minimum absolute atomic E-state index is 0.559. The highest BCUT2D eigenvalue weighted by atomic mass is 32.2. The second-order valence-corrected chi connectivity index (χ2v) is 6.92. The number of methoxy groups -OCH3 is 3. The molecule has 7 heteroatoms. The molecule has 2 N–H and O–H groups in total. The molecule has 26 heavy (non-hydrogen) atoms. The number of nitrogens with two attached hydrogens (primary N) is 1. The molecule has 0 spiro atoms.